The van der Waals surface area contributed by atoms with Crippen LogP contribution in [0, 0.1) is 6.92 Å². The number of ether oxygens (including phenoxy) is 1. The lowest BCUT2D eigenvalue weighted by Crippen LogP contribution is -2.34. The highest BCUT2D eigenvalue weighted by Gasteiger charge is 2.30. The third-order valence-electron chi connectivity index (χ3n) is 4.27. The second kappa shape index (κ2) is 6.10. The summed E-state index contributed by atoms with van der Waals surface area (Å²) in [6.45, 7) is 2.15. The fourth-order valence-electron chi connectivity index (χ4n) is 2.89. The van der Waals surface area contributed by atoms with Crippen molar-refractivity contribution in [3.63, 3.8) is 0 Å². The van der Waals surface area contributed by atoms with E-state index < -0.39 is 0 Å². The van der Waals surface area contributed by atoms with Crippen molar-refractivity contribution in [3.05, 3.63) is 58.1 Å². The van der Waals surface area contributed by atoms with E-state index in [9.17, 15) is 0 Å². The molecule has 1 saturated carbocycles. The molecule has 2 aromatic carbocycles. The molecule has 3 heteroatoms. The van der Waals surface area contributed by atoms with Crippen LogP contribution in [0.1, 0.15) is 29.9 Å². The maximum atomic E-state index is 5.21. The average molecular weight is 346 g/mol. The van der Waals surface area contributed by atoms with Crippen molar-refractivity contribution in [3.8, 4) is 5.75 Å². The maximum absolute atomic E-state index is 5.21. The molecule has 21 heavy (non-hydrogen) atoms. The minimum Gasteiger partial charge on any atom is -0.497 e. The van der Waals surface area contributed by atoms with Gasteiger partial charge in [-0.15, -0.1) is 0 Å². The van der Waals surface area contributed by atoms with Gasteiger partial charge in [-0.25, -0.2) is 0 Å². The van der Waals surface area contributed by atoms with Gasteiger partial charge in [-0.05, 0) is 67.1 Å². The van der Waals surface area contributed by atoms with Gasteiger partial charge in [0.25, 0.3) is 0 Å². The van der Waals surface area contributed by atoms with E-state index in [1.54, 1.807) is 7.11 Å². The summed E-state index contributed by atoms with van der Waals surface area (Å²) in [4.78, 5) is 0. The van der Waals surface area contributed by atoms with Crippen molar-refractivity contribution in [2.75, 3.05) is 12.4 Å². The van der Waals surface area contributed by atoms with Crippen molar-refractivity contribution in [2.24, 2.45) is 0 Å². The Morgan fingerprint density at radius 1 is 1.10 bits per heavy atom. The number of aryl methyl sites for hydroxylation is 1. The van der Waals surface area contributed by atoms with Crippen molar-refractivity contribution in [1.82, 2.24) is 0 Å². The van der Waals surface area contributed by atoms with E-state index in [1.807, 2.05) is 0 Å². The second-order valence-electron chi connectivity index (χ2n) is 5.74. The topological polar surface area (TPSA) is 21.3 Å². The molecule has 110 valence electrons. The van der Waals surface area contributed by atoms with Crippen LogP contribution in [0.5, 0.6) is 5.75 Å². The number of anilines is 1. The fourth-order valence-corrected chi connectivity index (χ4v) is 3.37. The van der Waals surface area contributed by atoms with Gasteiger partial charge >= 0.3 is 0 Å². The van der Waals surface area contributed by atoms with Gasteiger partial charge in [0.15, 0.2) is 0 Å². The number of rotatable bonds is 4. The molecule has 0 spiro atoms. The summed E-state index contributed by atoms with van der Waals surface area (Å²) >= 11 is 3.51. The highest BCUT2D eigenvalue weighted by Crippen LogP contribution is 2.39. The third-order valence-corrected chi connectivity index (χ3v) is 4.77. The molecule has 0 aromatic heterocycles. The number of methoxy groups -OCH3 is 1. The molecule has 0 unspecified atom stereocenters. The summed E-state index contributed by atoms with van der Waals surface area (Å²) in [5.74, 6) is 1.60. The lowest BCUT2D eigenvalue weighted by molar-refractivity contribution is 0.373. The van der Waals surface area contributed by atoms with Crippen LogP contribution in [0.3, 0.4) is 0 Å². The molecule has 0 atom stereocenters. The normalized spacial score (nSPS) is 20.7. The first-order valence-corrected chi connectivity index (χ1v) is 8.11. The molecule has 2 nitrogen and oxygen atoms in total. The Balaban J connectivity index is 1.57. The standard InChI is InChI=1S/C18H20BrNO/c1-12-9-15(19)5-8-18(12)20-16-10-14(11-16)13-3-6-17(21-2)7-4-13/h3-9,14,16,20H,10-11H2,1-2H3. The van der Waals surface area contributed by atoms with Crippen LogP contribution in [-0.2, 0) is 0 Å². The molecule has 1 fully saturated rings. The maximum Gasteiger partial charge on any atom is 0.118 e. The number of nitrogens with one attached hydrogen (secondary N) is 1. The molecule has 1 N–H and O–H groups in total. The summed E-state index contributed by atoms with van der Waals surface area (Å²) in [5, 5.41) is 3.65. The Bertz CT molecular complexity index is 618. The molecule has 0 aliphatic heterocycles. The van der Waals surface area contributed by atoms with Crippen molar-refractivity contribution < 1.29 is 4.74 Å². The minimum atomic E-state index is 0.581. The zero-order valence-electron chi connectivity index (χ0n) is 12.4. The summed E-state index contributed by atoms with van der Waals surface area (Å²) in [7, 11) is 1.71. The lowest BCUT2D eigenvalue weighted by Gasteiger charge is -2.37. The van der Waals surface area contributed by atoms with Gasteiger partial charge in [0.2, 0.25) is 0 Å². The van der Waals surface area contributed by atoms with Gasteiger partial charge in [-0.2, -0.15) is 0 Å². The number of hydrogen-bond acceptors (Lipinski definition) is 2. The van der Waals surface area contributed by atoms with Gasteiger partial charge in [-0.1, -0.05) is 28.1 Å². The predicted molar refractivity (Wildman–Crippen MR) is 91.3 cm³/mol. The quantitative estimate of drug-likeness (QED) is 0.829. The van der Waals surface area contributed by atoms with E-state index in [2.05, 4.69) is 70.6 Å². The van der Waals surface area contributed by atoms with Gasteiger partial charge in [-0.3, -0.25) is 0 Å². The van der Waals surface area contributed by atoms with Crippen molar-refractivity contribution in [2.45, 2.75) is 31.7 Å². The molecule has 2 aromatic rings. The minimum absolute atomic E-state index is 0.581. The number of halogens is 1. The summed E-state index contributed by atoms with van der Waals surface area (Å²) in [6, 6.07) is 15.5. The summed E-state index contributed by atoms with van der Waals surface area (Å²) in [5.41, 5.74) is 3.95. The van der Waals surface area contributed by atoms with Gasteiger partial charge in [0.1, 0.15) is 5.75 Å². The van der Waals surface area contributed by atoms with E-state index in [4.69, 9.17) is 4.74 Å². The van der Waals surface area contributed by atoms with Crippen LogP contribution in [0.15, 0.2) is 46.9 Å². The third kappa shape index (κ3) is 3.24. The monoisotopic (exact) mass is 345 g/mol. The SMILES string of the molecule is COc1ccc(C2CC(Nc3ccc(Br)cc3C)C2)cc1. The van der Waals surface area contributed by atoms with Crippen LogP contribution in [-0.4, -0.2) is 13.2 Å². The highest BCUT2D eigenvalue weighted by atomic mass is 79.9. The molecule has 0 bridgehead atoms. The molecular formula is C18H20BrNO. The first-order valence-electron chi connectivity index (χ1n) is 7.32. The second-order valence-corrected chi connectivity index (χ2v) is 6.66. The fraction of sp³-hybridized carbons (Fsp3) is 0.333. The molecule has 0 heterocycles. The number of hydrogen-bond donors (Lipinski definition) is 1. The van der Waals surface area contributed by atoms with E-state index in [0.717, 1.165) is 10.2 Å². The van der Waals surface area contributed by atoms with Gasteiger partial charge in [0.05, 0.1) is 7.11 Å². The van der Waals surface area contributed by atoms with Crippen molar-refractivity contribution in [1.29, 1.82) is 0 Å². The Labute approximate surface area is 134 Å². The Morgan fingerprint density at radius 2 is 1.81 bits per heavy atom. The highest BCUT2D eigenvalue weighted by molar-refractivity contribution is 9.10. The molecular weight excluding hydrogens is 326 g/mol. The van der Waals surface area contributed by atoms with Crippen LogP contribution < -0.4 is 10.1 Å². The van der Waals surface area contributed by atoms with Crippen LogP contribution in [0.4, 0.5) is 5.69 Å². The Hall–Kier alpha value is -1.48. The smallest absolute Gasteiger partial charge is 0.118 e. The van der Waals surface area contributed by atoms with Crippen molar-refractivity contribution >= 4 is 21.6 Å². The first kappa shape index (κ1) is 14.5. The molecule has 1 aliphatic rings. The summed E-state index contributed by atoms with van der Waals surface area (Å²) in [6.07, 6.45) is 2.39. The Morgan fingerprint density at radius 3 is 2.43 bits per heavy atom. The Kier molecular flexibility index (Phi) is 4.20. The van der Waals surface area contributed by atoms with E-state index in [-0.39, 0.29) is 0 Å². The van der Waals surface area contributed by atoms with Crippen LogP contribution in [0.25, 0.3) is 0 Å². The number of benzene rings is 2. The van der Waals surface area contributed by atoms with Crippen LogP contribution in [0.2, 0.25) is 0 Å². The van der Waals surface area contributed by atoms with Gasteiger partial charge < -0.3 is 10.1 Å². The molecule has 0 radical (unpaired) electrons. The molecule has 3 rings (SSSR count). The van der Waals surface area contributed by atoms with E-state index in [1.165, 1.54) is 29.7 Å². The zero-order chi connectivity index (χ0) is 14.8. The zero-order valence-corrected chi connectivity index (χ0v) is 14.0. The molecule has 0 amide bonds. The summed E-state index contributed by atoms with van der Waals surface area (Å²) < 4.78 is 6.34. The van der Waals surface area contributed by atoms with Crippen LogP contribution >= 0.6 is 15.9 Å². The predicted octanol–water partition coefficient (Wildman–Crippen LogP) is 5.12. The molecule has 0 saturated heterocycles. The van der Waals surface area contributed by atoms with E-state index in [0.29, 0.717) is 12.0 Å². The average Bonchev–Trinajstić information content (AvgIpc) is 2.44. The molecule has 1 aliphatic carbocycles. The van der Waals surface area contributed by atoms with Gasteiger partial charge in [0, 0.05) is 16.2 Å². The largest absolute Gasteiger partial charge is 0.497 e. The van der Waals surface area contributed by atoms with E-state index >= 15 is 0 Å². The lowest BCUT2D eigenvalue weighted by atomic mass is 9.75. The first-order chi connectivity index (χ1) is 10.2.